The van der Waals surface area contributed by atoms with Crippen molar-refractivity contribution in [3.63, 3.8) is 0 Å². The summed E-state index contributed by atoms with van der Waals surface area (Å²) < 4.78 is 44.6. The second-order valence-corrected chi connectivity index (χ2v) is 8.51. The number of benzene rings is 2. The molecule has 0 atom stereocenters. The summed E-state index contributed by atoms with van der Waals surface area (Å²) in [6, 6.07) is 10.5. The number of carbonyl (C=O) groups is 1. The lowest BCUT2D eigenvalue weighted by Crippen LogP contribution is -2.12. The van der Waals surface area contributed by atoms with Crippen molar-refractivity contribution in [3.05, 3.63) is 92.7 Å². The second kappa shape index (κ2) is 8.80. The molecule has 164 valence electrons. The third kappa shape index (κ3) is 4.87. The van der Waals surface area contributed by atoms with Gasteiger partial charge in [0.1, 0.15) is 5.75 Å². The van der Waals surface area contributed by atoms with Crippen molar-refractivity contribution >= 4 is 40.1 Å². The van der Waals surface area contributed by atoms with E-state index in [0.29, 0.717) is 32.6 Å². The smallest absolute Gasteiger partial charge is 0.416 e. The molecular formula is C23H16ClF3N2O2S. The number of carbonyl (C=O) groups excluding carboxylic acids is 1. The third-order valence-electron chi connectivity index (χ3n) is 4.77. The molecule has 1 amide bonds. The molecular weight excluding hydrogens is 461 g/mol. The Kier molecular flexibility index (Phi) is 6.08. The van der Waals surface area contributed by atoms with E-state index in [2.05, 4.69) is 10.3 Å². The lowest BCUT2D eigenvalue weighted by Gasteiger charge is -2.10. The monoisotopic (exact) mass is 476 g/mol. The zero-order valence-electron chi connectivity index (χ0n) is 16.7. The number of para-hydroxylation sites is 1. The molecule has 0 aliphatic carbocycles. The molecule has 2 aromatic carbocycles. The molecule has 1 aliphatic rings. The fourth-order valence-electron chi connectivity index (χ4n) is 3.12. The molecule has 32 heavy (non-hydrogen) atoms. The summed E-state index contributed by atoms with van der Waals surface area (Å²) in [4.78, 5) is 17.8. The number of amides is 1. The number of alkyl halides is 3. The van der Waals surface area contributed by atoms with E-state index in [4.69, 9.17) is 16.3 Å². The Hall–Kier alpha value is -3.10. The molecule has 1 aliphatic heterocycles. The molecule has 0 unspecified atom stereocenters. The van der Waals surface area contributed by atoms with E-state index in [-0.39, 0.29) is 17.4 Å². The van der Waals surface area contributed by atoms with Crippen LogP contribution in [0, 0.1) is 6.92 Å². The Morgan fingerprint density at radius 1 is 1.22 bits per heavy atom. The predicted molar refractivity (Wildman–Crippen MR) is 119 cm³/mol. The lowest BCUT2D eigenvalue weighted by molar-refractivity contribution is -0.137. The zero-order chi connectivity index (χ0) is 22.9. The Bertz CT molecular complexity index is 1250. The van der Waals surface area contributed by atoms with Gasteiger partial charge in [-0.15, -0.1) is 11.3 Å². The maximum Gasteiger partial charge on any atom is 0.416 e. The third-order valence-corrected chi connectivity index (χ3v) is 6.21. The predicted octanol–water partition coefficient (Wildman–Crippen LogP) is 6.64. The summed E-state index contributed by atoms with van der Waals surface area (Å²) in [7, 11) is 0. The standard InChI is InChI=1S/C23H16ClF3N2O2S/c1-13-20(12-16-11-17(23(25,26)27)6-7-18(16)24)32-22(28-13)29-21(30)15-8-9-31-19-5-3-2-4-14(19)10-15/h2-11H,12H2,1H3,(H,28,29,30). The highest BCUT2D eigenvalue weighted by Gasteiger charge is 2.31. The Morgan fingerprint density at radius 2 is 2.00 bits per heavy atom. The minimum Gasteiger partial charge on any atom is -0.464 e. The number of nitrogens with one attached hydrogen (secondary N) is 1. The zero-order valence-corrected chi connectivity index (χ0v) is 18.2. The molecule has 3 aromatic rings. The van der Waals surface area contributed by atoms with Gasteiger partial charge in [-0.2, -0.15) is 13.2 Å². The molecule has 4 nitrogen and oxygen atoms in total. The van der Waals surface area contributed by atoms with Crippen molar-refractivity contribution in [2.45, 2.75) is 19.5 Å². The topological polar surface area (TPSA) is 51.2 Å². The summed E-state index contributed by atoms with van der Waals surface area (Å²) in [6.45, 7) is 1.73. The number of thiazole rings is 1. The van der Waals surface area contributed by atoms with Gasteiger partial charge in [-0.3, -0.25) is 10.1 Å². The fraction of sp³-hybridized carbons (Fsp3) is 0.130. The minimum absolute atomic E-state index is 0.173. The number of ether oxygens (including phenoxy) is 1. The van der Waals surface area contributed by atoms with Crippen LogP contribution in [0.15, 0.2) is 60.4 Å². The van der Waals surface area contributed by atoms with Crippen LogP contribution in [-0.2, 0) is 17.4 Å². The highest BCUT2D eigenvalue weighted by atomic mass is 35.5. The normalized spacial score (nSPS) is 13.1. The van der Waals surface area contributed by atoms with Gasteiger partial charge >= 0.3 is 6.18 Å². The average Bonchev–Trinajstić information content (AvgIpc) is 2.94. The van der Waals surface area contributed by atoms with Gasteiger partial charge in [-0.25, -0.2) is 4.98 Å². The van der Waals surface area contributed by atoms with E-state index < -0.39 is 11.7 Å². The molecule has 0 saturated carbocycles. The first-order valence-electron chi connectivity index (χ1n) is 9.48. The van der Waals surface area contributed by atoms with Crippen molar-refractivity contribution in [1.82, 2.24) is 4.98 Å². The molecule has 0 spiro atoms. The van der Waals surface area contributed by atoms with Crippen molar-refractivity contribution in [1.29, 1.82) is 0 Å². The molecule has 1 aromatic heterocycles. The van der Waals surface area contributed by atoms with Crippen molar-refractivity contribution in [2.24, 2.45) is 0 Å². The van der Waals surface area contributed by atoms with Gasteiger partial charge in [0.25, 0.3) is 5.91 Å². The van der Waals surface area contributed by atoms with E-state index >= 15 is 0 Å². The first-order valence-corrected chi connectivity index (χ1v) is 10.7. The van der Waals surface area contributed by atoms with E-state index in [1.807, 2.05) is 18.2 Å². The van der Waals surface area contributed by atoms with Gasteiger partial charge in [0.05, 0.1) is 17.5 Å². The van der Waals surface area contributed by atoms with Crippen LogP contribution in [0.25, 0.3) is 6.08 Å². The van der Waals surface area contributed by atoms with Crippen LogP contribution in [0.2, 0.25) is 5.02 Å². The fourth-order valence-corrected chi connectivity index (χ4v) is 4.28. The molecule has 0 bridgehead atoms. The van der Waals surface area contributed by atoms with Gasteiger partial charge in [0, 0.05) is 27.5 Å². The number of aryl methyl sites for hydroxylation is 1. The maximum atomic E-state index is 13.0. The molecule has 9 heteroatoms. The maximum absolute atomic E-state index is 13.0. The number of hydrogen-bond acceptors (Lipinski definition) is 4. The molecule has 4 rings (SSSR count). The van der Waals surface area contributed by atoms with Crippen molar-refractivity contribution in [2.75, 3.05) is 5.32 Å². The van der Waals surface area contributed by atoms with Gasteiger partial charge in [0.15, 0.2) is 5.13 Å². The Labute approximate surface area is 191 Å². The van der Waals surface area contributed by atoms with E-state index in [0.717, 1.165) is 17.7 Å². The van der Waals surface area contributed by atoms with Gasteiger partial charge < -0.3 is 4.74 Å². The summed E-state index contributed by atoms with van der Waals surface area (Å²) >= 11 is 7.31. The number of anilines is 1. The van der Waals surface area contributed by atoms with E-state index in [9.17, 15) is 18.0 Å². The first-order chi connectivity index (χ1) is 15.2. The van der Waals surface area contributed by atoms with Crippen LogP contribution < -0.4 is 10.1 Å². The number of hydrogen-bond donors (Lipinski definition) is 1. The number of halogens is 4. The van der Waals surface area contributed by atoms with E-state index in [1.165, 1.54) is 23.7 Å². The molecule has 0 fully saturated rings. The number of aromatic nitrogens is 1. The molecule has 0 saturated heterocycles. The van der Waals surface area contributed by atoms with Crippen LogP contribution in [0.4, 0.5) is 18.3 Å². The van der Waals surface area contributed by atoms with Crippen molar-refractivity contribution < 1.29 is 22.7 Å². The SMILES string of the molecule is Cc1nc(NC(=O)C2=Cc3ccccc3OC=C2)sc1Cc1cc(C(F)(F)F)ccc1Cl. The largest absolute Gasteiger partial charge is 0.464 e. The van der Waals surface area contributed by atoms with Gasteiger partial charge in [-0.1, -0.05) is 29.8 Å². The summed E-state index contributed by atoms with van der Waals surface area (Å²) in [6.07, 6.45) is 0.415. The van der Waals surface area contributed by atoms with Crippen LogP contribution in [0.1, 0.15) is 27.3 Å². The highest BCUT2D eigenvalue weighted by molar-refractivity contribution is 7.15. The summed E-state index contributed by atoms with van der Waals surface area (Å²) in [5.41, 5.74) is 1.33. The molecule has 1 N–H and O–H groups in total. The van der Waals surface area contributed by atoms with Crippen LogP contribution in [0.5, 0.6) is 5.75 Å². The average molecular weight is 477 g/mol. The second-order valence-electron chi connectivity index (χ2n) is 7.02. The van der Waals surface area contributed by atoms with E-state index in [1.54, 1.807) is 25.1 Å². The van der Waals surface area contributed by atoms with Crippen molar-refractivity contribution in [3.8, 4) is 5.75 Å². The number of rotatable bonds is 4. The Morgan fingerprint density at radius 3 is 2.78 bits per heavy atom. The number of nitrogens with zero attached hydrogens (tertiary/aromatic N) is 1. The summed E-state index contributed by atoms with van der Waals surface area (Å²) in [5, 5.41) is 3.33. The van der Waals surface area contributed by atoms with Crippen LogP contribution >= 0.6 is 22.9 Å². The van der Waals surface area contributed by atoms with Crippen LogP contribution in [0.3, 0.4) is 0 Å². The van der Waals surface area contributed by atoms with Gasteiger partial charge in [0.2, 0.25) is 0 Å². The number of fused-ring (bicyclic) bond motifs is 1. The minimum atomic E-state index is -4.45. The summed E-state index contributed by atoms with van der Waals surface area (Å²) in [5.74, 6) is 0.260. The lowest BCUT2D eigenvalue weighted by atomic mass is 10.1. The molecule has 0 radical (unpaired) electrons. The Balaban J connectivity index is 1.54. The molecule has 2 heterocycles. The first kappa shape index (κ1) is 22.1. The van der Waals surface area contributed by atoms with Gasteiger partial charge in [-0.05, 0) is 48.9 Å². The highest BCUT2D eigenvalue weighted by Crippen LogP contribution is 2.34. The van der Waals surface area contributed by atoms with Crippen LogP contribution in [-0.4, -0.2) is 10.9 Å². The quantitative estimate of drug-likeness (QED) is 0.459.